The quantitative estimate of drug-likeness (QED) is 0.754. The van der Waals surface area contributed by atoms with Crippen molar-refractivity contribution in [1.29, 1.82) is 0 Å². The first-order valence-corrected chi connectivity index (χ1v) is 6.06. The monoisotopic (exact) mass is 256 g/mol. The fourth-order valence-corrected chi connectivity index (χ4v) is 1.66. The van der Waals surface area contributed by atoms with E-state index in [0.29, 0.717) is 0 Å². The van der Waals surface area contributed by atoms with E-state index in [1.54, 1.807) is 23.9 Å². The summed E-state index contributed by atoms with van der Waals surface area (Å²) in [7, 11) is 0. The molecule has 0 aromatic carbocycles. The van der Waals surface area contributed by atoms with Crippen LogP contribution in [0.3, 0.4) is 0 Å². The highest BCUT2D eigenvalue weighted by atomic mass is 16.5. The van der Waals surface area contributed by atoms with Gasteiger partial charge in [0.15, 0.2) is 0 Å². The molecule has 6 heteroatoms. The van der Waals surface area contributed by atoms with Crippen LogP contribution in [0.5, 0.6) is 0 Å². The van der Waals surface area contributed by atoms with Gasteiger partial charge in [0.05, 0.1) is 25.7 Å². The van der Waals surface area contributed by atoms with Crippen molar-refractivity contribution in [3.05, 3.63) is 22.9 Å². The molecule has 0 saturated carbocycles. The second-order valence-electron chi connectivity index (χ2n) is 4.40. The normalized spacial score (nSPS) is 12.7. The number of ether oxygens (including phenoxy) is 1. The first-order chi connectivity index (χ1) is 8.45. The van der Waals surface area contributed by atoms with Gasteiger partial charge in [0.1, 0.15) is 0 Å². The van der Waals surface area contributed by atoms with Crippen LogP contribution in [0.2, 0.25) is 0 Å². The molecule has 0 saturated heterocycles. The van der Waals surface area contributed by atoms with E-state index in [9.17, 15) is 14.7 Å². The molecule has 0 aliphatic carbocycles. The largest absolute Gasteiger partial charge is 0.466 e. The first kappa shape index (κ1) is 14.5. The number of imidazole rings is 1. The molecule has 1 unspecified atom stereocenters. The Balaban J connectivity index is 2.62. The van der Waals surface area contributed by atoms with Crippen molar-refractivity contribution in [2.45, 2.75) is 45.9 Å². The minimum atomic E-state index is -0.912. The lowest BCUT2D eigenvalue weighted by Gasteiger charge is -2.10. The Labute approximate surface area is 106 Å². The van der Waals surface area contributed by atoms with Gasteiger partial charge in [-0.2, -0.15) is 0 Å². The van der Waals surface area contributed by atoms with Gasteiger partial charge in [-0.15, -0.1) is 0 Å². The number of hydrogen-bond donors (Lipinski definition) is 1. The Morgan fingerprint density at radius 1 is 1.44 bits per heavy atom. The molecule has 0 bridgehead atoms. The number of esters is 1. The molecule has 102 valence electrons. The van der Waals surface area contributed by atoms with Crippen LogP contribution in [0, 0.1) is 0 Å². The van der Waals surface area contributed by atoms with E-state index >= 15 is 0 Å². The molecule has 1 aromatic heterocycles. The van der Waals surface area contributed by atoms with E-state index in [0.717, 1.165) is 0 Å². The van der Waals surface area contributed by atoms with Crippen LogP contribution in [0.1, 0.15) is 33.2 Å². The van der Waals surface area contributed by atoms with Gasteiger partial charge in [-0.05, 0) is 20.8 Å². The lowest BCUT2D eigenvalue weighted by Crippen LogP contribution is -2.30. The number of aliphatic hydroxyl groups is 1. The zero-order valence-electron chi connectivity index (χ0n) is 11.0. The van der Waals surface area contributed by atoms with Gasteiger partial charge in [-0.25, -0.2) is 4.79 Å². The third kappa shape index (κ3) is 3.73. The molecule has 0 radical (unpaired) electrons. The zero-order valence-corrected chi connectivity index (χ0v) is 11.0. The number of aliphatic hydroxyl groups excluding tert-OH is 1. The summed E-state index contributed by atoms with van der Waals surface area (Å²) < 4.78 is 7.69. The van der Waals surface area contributed by atoms with E-state index in [2.05, 4.69) is 0 Å². The van der Waals surface area contributed by atoms with Crippen LogP contribution in [0.25, 0.3) is 0 Å². The summed E-state index contributed by atoms with van der Waals surface area (Å²) in [6.45, 7) is 5.89. The molecule has 0 aliphatic rings. The van der Waals surface area contributed by atoms with Crippen molar-refractivity contribution >= 4 is 5.97 Å². The maximum Gasteiger partial charge on any atom is 0.328 e. The molecule has 18 heavy (non-hydrogen) atoms. The van der Waals surface area contributed by atoms with Crippen LogP contribution in [0.4, 0.5) is 0 Å². The minimum absolute atomic E-state index is 0.0703. The minimum Gasteiger partial charge on any atom is -0.466 e. The standard InChI is InChI=1S/C12H20N2O4/c1-4-18-11(16)7-10(15)8-13-5-6-14(9(2)3)12(13)17/h5-6,9-10,15H,4,7-8H2,1-3H3. The van der Waals surface area contributed by atoms with E-state index in [1.807, 2.05) is 13.8 Å². The molecular formula is C12H20N2O4. The van der Waals surface area contributed by atoms with Gasteiger partial charge in [0, 0.05) is 18.4 Å². The Morgan fingerprint density at radius 3 is 2.61 bits per heavy atom. The molecule has 1 N–H and O–H groups in total. The van der Waals surface area contributed by atoms with E-state index in [1.165, 1.54) is 4.57 Å². The Kier molecular flexibility index (Phi) is 5.15. The number of rotatable bonds is 6. The predicted molar refractivity (Wildman–Crippen MR) is 66.3 cm³/mol. The molecule has 0 amide bonds. The SMILES string of the molecule is CCOC(=O)CC(O)Cn1ccn(C(C)C)c1=O. The van der Waals surface area contributed by atoms with E-state index in [4.69, 9.17) is 4.74 Å². The lowest BCUT2D eigenvalue weighted by atomic mass is 10.2. The van der Waals surface area contributed by atoms with Gasteiger partial charge in [-0.3, -0.25) is 13.9 Å². The molecule has 1 aromatic rings. The molecule has 0 fully saturated rings. The second kappa shape index (κ2) is 6.39. The molecule has 1 atom stereocenters. The highest BCUT2D eigenvalue weighted by Crippen LogP contribution is 2.02. The molecule has 6 nitrogen and oxygen atoms in total. The van der Waals surface area contributed by atoms with Crippen molar-refractivity contribution in [1.82, 2.24) is 9.13 Å². The highest BCUT2D eigenvalue weighted by molar-refractivity contribution is 5.69. The maximum absolute atomic E-state index is 11.9. The Morgan fingerprint density at radius 2 is 2.11 bits per heavy atom. The first-order valence-electron chi connectivity index (χ1n) is 6.06. The number of hydrogen-bond acceptors (Lipinski definition) is 4. The van der Waals surface area contributed by atoms with Crippen molar-refractivity contribution in [3.8, 4) is 0 Å². The average molecular weight is 256 g/mol. The summed E-state index contributed by atoms with van der Waals surface area (Å²) in [6, 6.07) is 0.0703. The van der Waals surface area contributed by atoms with Crippen LogP contribution in [0.15, 0.2) is 17.2 Å². The molecule has 1 heterocycles. The lowest BCUT2D eigenvalue weighted by molar-refractivity contribution is -0.145. The second-order valence-corrected chi connectivity index (χ2v) is 4.40. The van der Waals surface area contributed by atoms with Crippen molar-refractivity contribution in [2.24, 2.45) is 0 Å². The third-order valence-electron chi connectivity index (χ3n) is 2.55. The predicted octanol–water partition coefficient (Wildman–Crippen LogP) is 0.545. The highest BCUT2D eigenvalue weighted by Gasteiger charge is 2.14. The molecule has 0 spiro atoms. The number of carbonyl (C=O) groups excluding carboxylic acids is 1. The van der Waals surface area contributed by atoms with E-state index < -0.39 is 12.1 Å². The number of nitrogens with zero attached hydrogens (tertiary/aromatic N) is 2. The van der Waals surface area contributed by atoms with Crippen molar-refractivity contribution in [2.75, 3.05) is 6.61 Å². The molecule has 1 rings (SSSR count). The fraction of sp³-hybridized carbons (Fsp3) is 0.667. The number of aromatic nitrogens is 2. The van der Waals surface area contributed by atoms with Gasteiger partial charge in [0.25, 0.3) is 0 Å². The van der Waals surface area contributed by atoms with Gasteiger partial charge in [0.2, 0.25) is 0 Å². The van der Waals surface area contributed by atoms with Gasteiger partial charge >= 0.3 is 11.7 Å². The van der Waals surface area contributed by atoms with Gasteiger partial charge < -0.3 is 9.84 Å². The summed E-state index contributed by atoms with van der Waals surface area (Å²) in [5.74, 6) is -0.457. The molecule has 0 aliphatic heterocycles. The maximum atomic E-state index is 11.9. The Bertz CT molecular complexity index is 447. The van der Waals surface area contributed by atoms with Gasteiger partial charge in [-0.1, -0.05) is 0 Å². The van der Waals surface area contributed by atoms with Crippen LogP contribution in [-0.2, 0) is 16.1 Å². The topological polar surface area (TPSA) is 73.5 Å². The molecular weight excluding hydrogens is 236 g/mol. The Hall–Kier alpha value is -1.56. The van der Waals surface area contributed by atoms with Crippen molar-refractivity contribution in [3.63, 3.8) is 0 Å². The summed E-state index contributed by atoms with van der Waals surface area (Å²) in [4.78, 5) is 23.0. The van der Waals surface area contributed by atoms with Crippen LogP contribution < -0.4 is 5.69 Å². The fourth-order valence-electron chi connectivity index (χ4n) is 1.66. The summed E-state index contributed by atoms with van der Waals surface area (Å²) in [5.41, 5.74) is -0.187. The number of carbonyl (C=O) groups is 1. The van der Waals surface area contributed by atoms with E-state index in [-0.39, 0.29) is 31.3 Å². The van der Waals surface area contributed by atoms with Crippen molar-refractivity contribution < 1.29 is 14.6 Å². The van der Waals surface area contributed by atoms with Crippen LogP contribution >= 0.6 is 0 Å². The smallest absolute Gasteiger partial charge is 0.328 e. The summed E-state index contributed by atoms with van der Waals surface area (Å²) in [6.07, 6.45) is 2.26. The zero-order chi connectivity index (χ0) is 13.7. The third-order valence-corrected chi connectivity index (χ3v) is 2.55. The summed E-state index contributed by atoms with van der Waals surface area (Å²) >= 11 is 0. The summed E-state index contributed by atoms with van der Waals surface area (Å²) in [5, 5.41) is 9.70. The van der Waals surface area contributed by atoms with Crippen LogP contribution in [-0.4, -0.2) is 32.9 Å². The average Bonchev–Trinajstić information content (AvgIpc) is 2.60.